The van der Waals surface area contributed by atoms with E-state index in [9.17, 15) is 9.59 Å². The summed E-state index contributed by atoms with van der Waals surface area (Å²) in [7, 11) is 1.65. The third-order valence-corrected chi connectivity index (χ3v) is 4.81. The lowest BCUT2D eigenvalue weighted by Gasteiger charge is -2.30. The van der Waals surface area contributed by atoms with Gasteiger partial charge in [-0.2, -0.15) is 0 Å². The molecule has 0 aliphatic carbocycles. The molecule has 1 atom stereocenters. The molecule has 1 heterocycles. The van der Waals surface area contributed by atoms with Crippen LogP contribution in [0.2, 0.25) is 0 Å². The van der Waals surface area contributed by atoms with E-state index in [1.54, 1.807) is 7.11 Å². The molecular weight excluding hydrogens is 342 g/mol. The largest absolute Gasteiger partial charge is 0.497 e. The molecule has 1 saturated heterocycles. The van der Waals surface area contributed by atoms with Crippen LogP contribution in [0.3, 0.4) is 0 Å². The first-order valence-electron chi connectivity index (χ1n) is 9.11. The van der Waals surface area contributed by atoms with Gasteiger partial charge in [0.1, 0.15) is 5.75 Å². The summed E-state index contributed by atoms with van der Waals surface area (Å²) in [5.74, 6) is 0.307. The Bertz CT molecular complexity index is 805. The predicted octanol–water partition coefficient (Wildman–Crippen LogP) is 2.50. The fourth-order valence-corrected chi connectivity index (χ4v) is 3.43. The van der Waals surface area contributed by atoms with E-state index in [-0.39, 0.29) is 24.3 Å². The number of hydrogen-bond donors (Lipinski definition) is 2. The van der Waals surface area contributed by atoms with Gasteiger partial charge in [0.25, 0.3) is 0 Å². The molecule has 1 fully saturated rings. The van der Waals surface area contributed by atoms with Gasteiger partial charge in [-0.1, -0.05) is 24.3 Å². The van der Waals surface area contributed by atoms with E-state index < -0.39 is 0 Å². The number of carbonyl (C=O) groups excluding carboxylic acids is 2. The monoisotopic (exact) mass is 367 g/mol. The lowest BCUT2D eigenvalue weighted by atomic mass is 9.97. The minimum absolute atomic E-state index is 0.0155. The number of likely N-dealkylation sites (tertiary alicyclic amines) is 1. The fourth-order valence-electron chi connectivity index (χ4n) is 3.43. The Morgan fingerprint density at radius 3 is 2.67 bits per heavy atom. The van der Waals surface area contributed by atoms with Crippen molar-refractivity contribution in [1.82, 2.24) is 4.90 Å². The molecule has 142 valence electrons. The Kier molecular flexibility index (Phi) is 6.08. The first-order chi connectivity index (χ1) is 13.0. The van der Waals surface area contributed by atoms with Crippen LogP contribution in [-0.2, 0) is 9.59 Å². The number of rotatable bonds is 6. The van der Waals surface area contributed by atoms with E-state index in [1.807, 2.05) is 53.4 Å². The zero-order valence-corrected chi connectivity index (χ0v) is 15.5. The van der Waals surface area contributed by atoms with E-state index in [2.05, 4.69) is 5.32 Å². The van der Waals surface area contributed by atoms with Crippen molar-refractivity contribution in [3.63, 3.8) is 0 Å². The quantitative estimate of drug-likeness (QED) is 0.822. The molecule has 3 N–H and O–H groups in total. The van der Waals surface area contributed by atoms with Gasteiger partial charge in [-0.15, -0.1) is 0 Å². The summed E-state index contributed by atoms with van der Waals surface area (Å²) in [6.07, 6.45) is 1.71. The molecule has 27 heavy (non-hydrogen) atoms. The van der Waals surface area contributed by atoms with Crippen molar-refractivity contribution < 1.29 is 14.3 Å². The van der Waals surface area contributed by atoms with Crippen LogP contribution >= 0.6 is 0 Å². The van der Waals surface area contributed by atoms with Crippen molar-refractivity contribution in [2.24, 2.45) is 11.7 Å². The second kappa shape index (κ2) is 8.68. The maximum absolute atomic E-state index is 12.6. The second-order valence-electron chi connectivity index (χ2n) is 6.84. The van der Waals surface area contributed by atoms with Crippen molar-refractivity contribution in [2.75, 3.05) is 32.1 Å². The van der Waals surface area contributed by atoms with E-state index in [1.165, 1.54) is 0 Å². The molecule has 1 aliphatic rings. The SMILES string of the molecule is COc1cccc(-c2ccc(NC(=O)[C@@H]3CCCN(CC(N)=O)C3)cc2)c1. The number of nitrogens with two attached hydrogens (primary N) is 1. The normalized spacial score (nSPS) is 17.3. The summed E-state index contributed by atoms with van der Waals surface area (Å²) in [5.41, 5.74) is 8.13. The summed E-state index contributed by atoms with van der Waals surface area (Å²) >= 11 is 0. The highest BCUT2D eigenvalue weighted by molar-refractivity contribution is 5.93. The first kappa shape index (κ1) is 18.9. The number of primary amides is 1. The van der Waals surface area contributed by atoms with Crippen LogP contribution < -0.4 is 15.8 Å². The highest BCUT2D eigenvalue weighted by atomic mass is 16.5. The maximum Gasteiger partial charge on any atom is 0.231 e. The molecular formula is C21H25N3O3. The molecule has 0 bridgehead atoms. The number of anilines is 1. The minimum atomic E-state index is -0.357. The number of hydrogen-bond acceptors (Lipinski definition) is 4. The number of amides is 2. The van der Waals surface area contributed by atoms with Crippen LogP contribution in [0, 0.1) is 5.92 Å². The Balaban J connectivity index is 1.62. The molecule has 2 aromatic rings. The van der Waals surface area contributed by atoms with Gasteiger partial charge in [-0.05, 0) is 54.8 Å². The summed E-state index contributed by atoms with van der Waals surface area (Å²) in [4.78, 5) is 25.6. The molecule has 0 radical (unpaired) electrons. The topological polar surface area (TPSA) is 84.7 Å². The van der Waals surface area contributed by atoms with Gasteiger partial charge in [-0.3, -0.25) is 14.5 Å². The van der Waals surface area contributed by atoms with Gasteiger partial charge in [0.05, 0.1) is 19.6 Å². The van der Waals surface area contributed by atoms with E-state index in [0.717, 1.165) is 42.0 Å². The number of benzene rings is 2. The third kappa shape index (κ3) is 5.08. The van der Waals surface area contributed by atoms with Crippen LogP contribution in [0.1, 0.15) is 12.8 Å². The fraction of sp³-hybridized carbons (Fsp3) is 0.333. The Morgan fingerprint density at radius 2 is 1.96 bits per heavy atom. The molecule has 3 rings (SSSR count). The van der Waals surface area contributed by atoms with Crippen molar-refractivity contribution in [1.29, 1.82) is 0 Å². The van der Waals surface area contributed by atoms with Crippen molar-refractivity contribution >= 4 is 17.5 Å². The van der Waals surface area contributed by atoms with E-state index in [4.69, 9.17) is 10.5 Å². The van der Waals surface area contributed by atoms with Crippen molar-refractivity contribution in [3.8, 4) is 16.9 Å². The molecule has 2 amide bonds. The van der Waals surface area contributed by atoms with Gasteiger partial charge in [0.2, 0.25) is 11.8 Å². The first-order valence-corrected chi connectivity index (χ1v) is 9.11. The maximum atomic E-state index is 12.6. The summed E-state index contributed by atoms with van der Waals surface area (Å²) < 4.78 is 5.26. The smallest absolute Gasteiger partial charge is 0.231 e. The molecule has 2 aromatic carbocycles. The van der Waals surface area contributed by atoms with Crippen LogP contribution in [0.15, 0.2) is 48.5 Å². The van der Waals surface area contributed by atoms with Gasteiger partial charge >= 0.3 is 0 Å². The Hall–Kier alpha value is -2.86. The zero-order chi connectivity index (χ0) is 19.2. The number of carbonyl (C=O) groups is 2. The van der Waals surface area contributed by atoms with Gasteiger partial charge in [0.15, 0.2) is 0 Å². The number of nitrogens with zero attached hydrogens (tertiary/aromatic N) is 1. The number of nitrogens with one attached hydrogen (secondary N) is 1. The lowest BCUT2D eigenvalue weighted by Crippen LogP contribution is -2.44. The highest BCUT2D eigenvalue weighted by Gasteiger charge is 2.26. The number of ether oxygens (including phenoxy) is 1. The van der Waals surface area contributed by atoms with Crippen LogP contribution in [0.25, 0.3) is 11.1 Å². The molecule has 6 nitrogen and oxygen atoms in total. The summed E-state index contributed by atoms with van der Waals surface area (Å²) in [5, 5.41) is 2.98. The third-order valence-electron chi connectivity index (χ3n) is 4.81. The summed E-state index contributed by atoms with van der Waals surface area (Å²) in [6, 6.07) is 15.6. The molecule has 0 aromatic heterocycles. The zero-order valence-electron chi connectivity index (χ0n) is 15.5. The van der Waals surface area contributed by atoms with Gasteiger partial charge in [0, 0.05) is 12.2 Å². The minimum Gasteiger partial charge on any atom is -0.497 e. The highest BCUT2D eigenvalue weighted by Crippen LogP contribution is 2.25. The van der Waals surface area contributed by atoms with Gasteiger partial charge in [-0.25, -0.2) is 0 Å². The summed E-state index contributed by atoms with van der Waals surface area (Å²) in [6.45, 7) is 1.58. The molecule has 1 aliphatic heterocycles. The molecule has 0 spiro atoms. The van der Waals surface area contributed by atoms with Crippen LogP contribution in [-0.4, -0.2) is 43.5 Å². The molecule has 0 unspecified atom stereocenters. The Labute approximate surface area is 159 Å². The van der Waals surface area contributed by atoms with E-state index >= 15 is 0 Å². The Morgan fingerprint density at radius 1 is 1.19 bits per heavy atom. The molecule has 6 heteroatoms. The number of methoxy groups -OCH3 is 1. The van der Waals surface area contributed by atoms with Crippen LogP contribution in [0.5, 0.6) is 5.75 Å². The van der Waals surface area contributed by atoms with Crippen LogP contribution in [0.4, 0.5) is 5.69 Å². The van der Waals surface area contributed by atoms with Gasteiger partial charge < -0.3 is 15.8 Å². The standard InChI is InChI=1S/C21H25N3O3/c1-27-19-6-2-4-16(12-19)15-7-9-18(10-8-15)23-21(26)17-5-3-11-24(13-17)14-20(22)25/h2,4,6-10,12,17H,3,5,11,13-14H2,1H3,(H2,22,25)(H,23,26)/t17-/m1/s1. The number of piperidine rings is 1. The molecule has 0 saturated carbocycles. The average Bonchev–Trinajstić information content (AvgIpc) is 2.68. The van der Waals surface area contributed by atoms with Crippen molar-refractivity contribution in [3.05, 3.63) is 48.5 Å². The predicted molar refractivity (Wildman–Crippen MR) is 105 cm³/mol. The average molecular weight is 367 g/mol. The lowest BCUT2D eigenvalue weighted by molar-refractivity contribution is -0.124. The van der Waals surface area contributed by atoms with Crippen molar-refractivity contribution in [2.45, 2.75) is 12.8 Å². The van der Waals surface area contributed by atoms with E-state index in [0.29, 0.717) is 6.54 Å². The second-order valence-corrected chi connectivity index (χ2v) is 6.84.